The Hall–Kier alpha value is -0.710. The Morgan fingerprint density at radius 3 is 2.78 bits per heavy atom. The molecule has 0 aliphatic carbocycles. The van der Waals surface area contributed by atoms with Crippen LogP contribution in [-0.4, -0.2) is 11.6 Å². The van der Waals surface area contributed by atoms with Crippen molar-refractivity contribution in [2.45, 2.75) is 25.9 Å². The van der Waals surface area contributed by atoms with E-state index in [2.05, 4.69) is 47.1 Å². The summed E-state index contributed by atoms with van der Waals surface area (Å²) in [5.74, 6) is 0. The number of aryl methyl sites for hydroxylation is 1. The molecule has 1 aliphatic heterocycles. The molecule has 1 aromatic carbocycles. The van der Waals surface area contributed by atoms with Crippen molar-refractivity contribution in [1.82, 2.24) is 4.98 Å². The van der Waals surface area contributed by atoms with E-state index in [0.717, 1.165) is 34.6 Å². The van der Waals surface area contributed by atoms with Crippen LogP contribution in [0, 0.1) is 6.92 Å². The number of rotatable bonds is 2. The van der Waals surface area contributed by atoms with Gasteiger partial charge in [-0.25, -0.2) is 4.98 Å². The lowest BCUT2D eigenvalue weighted by Crippen LogP contribution is -1.94. The molecule has 1 atom stereocenters. The summed E-state index contributed by atoms with van der Waals surface area (Å²) >= 11 is 5.22. The topological polar surface area (TPSA) is 22.1 Å². The highest BCUT2D eigenvalue weighted by Gasteiger charge is 2.22. The van der Waals surface area contributed by atoms with Crippen LogP contribution < -0.4 is 0 Å². The molecule has 1 saturated heterocycles. The average Bonchev–Trinajstić information content (AvgIpc) is 2.99. The predicted octanol–water partition coefficient (Wildman–Crippen LogP) is 4.73. The number of halogens is 1. The van der Waals surface area contributed by atoms with Crippen molar-refractivity contribution in [2.75, 3.05) is 6.61 Å². The molecule has 94 valence electrons. The monoisotopic (exact) mass is 323 g/mol. The van der Waals surface area contributed by atoms with Crippen LogP contribution >= 0.6 is 27.3 Å². The van der Waals surface area contributed by atoms with Gasteiger partial charge in [0.1, 0.15) is 11.1 Å². The first kappa shape index (κ1) is 12.3. The van der Waals surface area contributed by atoms with Crippen molar-refractivity contribution in [3.8, 4) is 11.3 Å². The number of benzene rings is 1. The third-order valence-corrected chi connectivity index (χ3v) is 4.73. The molecule has 2 aromatic rings. The summed E-state index contributed by atoms with van der Waals surface area (Å²) in [7, 11) is 0. The highest BCUT2D eigenvalue weighted by molar-refractivity contribution is 9.10. The first-order valence-electron chi connectivity index (χ1n) is 6.09. The lowest BCUT2D eigenvalue weighted by atomic mass is 10.1. The fourth-order valence-electron chi connectivity index (χ4n) is 2.20. The number of hydrogen-bond acceptors (Lipinski definition) is 3. The Morgan fingerprint density at radius 2 is 2.11 bits per heavy atom. The van der Waals surface area contributed by atoms with Gasteiger partial charge in [0, 0.05) is 21.5 Å². The van der Waals surface area contributed by atoms with Crippen LogP contribution in [0.4, 0.5) is 0 Å². The summed E-state index contributed by atoms with van der Waals surface area (Å²) in [6.45, 7) is 3.00. The highest BCUT2D eigenvalue weighted by Crippen LogP contribution is 2.36. The van der Waals surface area contributed by atoms with Crippen molar-refractivity contribution < 1.29 is 4.74 Å². The summed E-state index contributed by atoms with van der Waals surface area (Å²) in [5, 5.41) is 1.13. The molecule has 1 fully saturated rings. The van der Waals surface area contributed by atoms with E-state index >= 15 is 0 Å². The second-order valence-corrected chi connectivity index (χ2v) is 6.62. The molecule has 0 N–H and O–H groups in total. The van der Waals surface area contributed by atoms with Crippen molar-refractivity contribution >= 4 is 27.3 Å². The van der Waals surface area contributed by atoms with Crippen LogP contribution in [-0.2, 0) is 4.74 Å². The molecule has 4 heteroatoms. The zero-order valence-corrected chi connectivity index (χ0v) is 12.6. The van der Waals surface area contributed by atoms with Gasteiger partial charge in [-0.15, -0.1) is 11.3 Å². The van der Waals surface area contributed by atoms with Crippen molar-refractivity contribution in [3.05, 3.63) is 38.6 Å². The third kappa shape index (κ3) is 2.37. The maximum atomic E-state index is 5.70. The Kier molecular flexibility index (Phi) is 3.50. The second kappa shape index (κ2) is 5.11. The molecular weight excluding hydrogens is 310 g/mol. The van der Waals surface area contributed by atoms with Gasteiger partial charge in [-0.05, 0) is 31.9 Å². The number of thiazole rings is 1. The van der Waals surface area contributed by atoms with E-state index in [1.807, 2.05) is 0 Å². The minimum atomic E-state index is 0.220. The molecule has 3 rings (SSSR count). The summed E-state index contributed by atoms with van der Waals surface area (Å²) in [4.78, 5) is 6.04. The van der Waals surface area contributed by atoms with E-state index in [-0.39, 0.29) is 6.10 Å². The van der Waals surface area contributed by atoms with E-state index in [1.165, 1.54) is 10.4 Å². The summed E-state index contributed by atoms with van der Waals surface area (Å²) in [5.41, 5.74) is 2.27. The van der Waals surface area contributed by atoms with Crippen molar-refractivity contribution in [3.63, 3.8) is 0 Å². The molecule has 0 spiro atoms. The van der Waals surface area contributed by atoms with Gasteiger partial charge in [-0.3, -0.25) is 0 Å². The summed E-state index contributed by atoms with van der Waals surface area (Å²) in [6, 6.07) is 8.32. The molecular formula is C14H14BrNOS. The van der Waals surface area contributed by atoms with Gasteiger partial charge in [0.05, 0.1) is 5.69 Å². The molecule has 1 unspecified atom stereocenters. The van der Waals surface area contributed by atoms with Gasteiger partial charge in [0.15, 0.2) is 0 Å². The third-order valence-electron chi connectivity index (χ3n) is 3.14. The van der Waals surface area contributed by atoms with Gasteiger partial charge in [-0.1, -0.05) is 28.1 Å². The lowest BCUT2D eigenvalue weighted by Gasteiger charge is -2.03. The predicted molar refractivity (Wildman–Crippen MR) is 77.9 cm³/mol. The van der Waals surface area contributed by atoms with Gasteiger partial charge in [0.2, 0.25) is 0 Å². The van der Waals surface area contributed by atoms with E-state index in [0.29, 0.717) is 0 Å². The molecule has 0 bridgehead atoms. The van der Waals surface area contributed by atoms with Crippen LogP contribution in [0.1, 0.15) is 28.8 Å². The van der Waals surface area contributed by atoms with Crippen molar-refractivity contribution in [2.24, 2.45) is 0 Å². The first-order chi connectivity index (χ1) is 8.74. The lowest BCUT2D eigenvalue weighted by molar-refractivity contribution is 0.112. The standard InChI is InChI=1S/C14H14BrNOS/c1-9-13(10-4-6-11(15)7-5-10)16-14(18-9)12-3-2-8-17-12/h4-7,12H,2-3,8H2,1H3. The maximum absolute atomic E-state index is 5.70. The quantitative estimate of drug-likeness (QED) is 0.796. The Morgan fingerprint density at radius 1 is 1.33 bits per heavy atom. The minimum Gasteiger partial charge on any atom is -0.371 e. The van der Waals surface area contributed by atoms with Crippen molar-refractivity contribution in [1.29, 1.82) is 0 Å². The Balaban J connectivity index is 1.94. The zero-order chi connectivity index (χ0) is 12.5. The highest BCUT2D eigenvalue weighted by atomic mass is 79.9. The van der Waals surface area contributed by atoms with E-state index in [1.54, 1.807) is 11.3 Å². The van der Waals surface area contributed by atoms with Gasteiger partial charge in [0.25, 0.3) is 0 Å². The smallest absolute Gasteiger partial charge is 0.122 e. The minimum absolute atomic E-state index is 0.220. The summed E-state index contributed by atoms with van der Waals surface area (Å²) < 4.78 is 6.80. The van der Waals surface area contributed by atoms with E-state index in [9.17, 15) is 0 Å². The maximum Gasteiger partial charge on any atom is 0.122 e. The van der Waals surface area contributed by atoms with Gasteiger partial charge >= 0.3 is 0 Å². The fraction of sp³-hybridized carbons (Fsp3) is 0.357. The first-order valence-corrected chi connectivity index (χ1v) is 7.70. The fourth-order valence-corrected chi connectivity index (χ4v) is 3.50. The van der Waals surface area contributed by atoms with Crippen LogP contribution in [0.15, 0.2) is 28.7 Å². The van der Waals surface area contributed by atoms with Crippen LogP contribution in [0.5, 0.6) is 0 Å². The Bertz CT molecular complexity index is 543. The average molecular weight is 324 g/mol. The SMILES string of the molecule is Cc1sc(C2CCCO2)nc1-c1ccc(Br)cc1. The van der Waals surface area contributed by atoms with Gasteiger partial charge in [-0.2, -0.15) is 0 Å². The van der Waals surface area contributed by atoms with E-state index in [4.69, 9.17) is 9.72 Å². The molecule has 2 nitrogen and oxygen atoms in total. The second-order valence-electron chi connectivity index (χ2n) is 4.47. The largest absolute Gasteiger partial charge is 0.371 e. The van der Waals surface area contributed by atoms with Crippen LogP contribution in [0.2, 0.25) is 0 Å². The van der Waals surface area contributed by atoms with Gasteiger partial charge < -0.3 is 4.74 Å². The number of aromatic nitrogens is 1. The zero-order valence-electron chi connectivity index (χ0n) is 10.1. The molecule has 2 heterocycles. The normalized spacial score (nSPS) is 19.3. The molecule has 0 saturated carbocycles. The molecule has 0 amide bonds. The molecule has 1 aliphatic rings. The molecule has 1 aromatic heterocycles. The van der Waals surface area contributed by atoms with Crippen LogP contribution in [0.3, 0.4) is 0 Å². The number of nitrogens with zero attached hydrogens (tertiary/aromatic N) is 1. The number of hydrogen-bond donors (Lipinski definition) is 0. The summed E-state index contributed by atoms with van der Waals surface area (Å²) in [6.07, 6.45) is 2.47. The Labute approximate surface area is 119 Å². The van der Waals surface area contributed by atoms with Crippen LogP contribution in [0.25, 0.3) is 11.3 Å². The van der Waals surface area contributed by atoms with E-state index < -0.39 is 0 Å². The molecule has 18 heavy (non-hydrogen) atoms. The molecule has 0 radical (unpaired) electrons. The number of ether oxygens (including phenoxy) is 1.